The van der Waals surface area contributed by atoms with Gasteiger partial charge >= 0.3 is 12.1 Å². The molecule has 0 saturated heterocycles. The molecule has 0 spiro atoms. The number of ether oxygens (including phenoxy) is 2. The molecule has 190 valence electrons. The van der Waals surface area contributed by atoms with Crippen LogP contribution >= 0.6 is 11.6 Å². The molecule has 2 aromatic carbocycles. The summed E-state index contributed by atoms with van der Waals surface area (Å²) in [6.07, 6.45) is 2.86. The molecule has 1 heterocycles. The summed E-state index contributed by atoms with van der Waals surface area (Å²) < 4.78 is 11.2. The zero-order valence-electron chi connectivity index (χ0n) is 20.4. The molecule has 0 unspecified atom stereocenters. The number of hydrogen-bond acceptors (Lipinski definition) is 7. The van der Waals surface area contributed by atoms with Crippen LogP contribution in [0.1, 0.15) is 32.8 Å². The third-order valence-electron chi connectivity index (χ3n) is 4.57. The molecule has 11 heteroatoms. The number of aromatic nitrogens is 3. The average Bonchev–Trinajstić information content (AvgIpc) is 2.84. The Morgan fingerprint density at radius 3 is 2.53 bits per heavy atom. The Morgan fingerprint density at radius 2 is 1.83 bits per heavy atom. The van der Waals surface area contributed by atoms with E-state index in [1.165, 1.54) is 17.3 Å². The van der Waals surface area contributed by atoms with Gasteiger partial charge in [0.05, 0.1) is 24.7 Å². The molecule has 3 aromatic rings. The van der Waals surface area contributed by atoms with Gasteiger partial charge < -0.3 is 20.1 Å². The molecule has 3 amide bonds. The summed E-state index contributed by atoms with van der Waals surface area (Å²) in [4.78, 5) is 30.6. The standard InChI is InChI=1S/C25H29ClN6O4/c1-25(2,3)36-24(34)28-12-7-15-35-21-11-10-19(26)16-20(21)32(22-27-13-14-30-31-22)23(33)29-17-18-8-5-4-6-9-18/h4-6,8-11,13-14,16H,7,12,15,17H2,1-3H3,(H,28,34)(H,29,33). The van der Waals surface area contributed by atoms with Crippen molar-refractivity contribution < 1.29 is 19.1 Å². The van der Waals surface area contributed by atoms with Crippen LogP contribution in [0.15, 0.2) is 60.9 Å². The van der Waals surface area contributed by atoms with E-state index in [4.69, 9.17) is 21.1 Å². The Balaban J connectivity index is 1.72. The normalized spacial score (nSPS) is 10.9. The van der Waals surface area contributed by atoms with Gasteiger partial charge in [-0.3, -0.25) is 0 Å². The topological polar surface area (TPSA) is 119 Å². The lowest BCUT2D eigenvalue weighted by atomic mass is 10.2. The maximum atomic E-state index is 13.3. The first kappa shape index (κ1) is 26.7. The molecular formula is C25H29ClN6O4. The lowest BCUT2D eigenvalue weighted by Gasteiger charge is -2.23. The van der Waals surface area contributed by atoms with Crippen molar-refractivity contribution in [2.45, 2.75) is 39.3 Å². The molecule has 1 aromatic heterocycles. The van der Waals surface area contributed by atoms with Crippen molar-refractivity contribution in [2.75, 3.05) is 18.1 Å². The Bertz CT molecular complexity index is 1140. The summed E-state index contributed by atoms with van der Waals surface area (Å²) in [6.45, 7) is 6.30. The van der Waals surface area contributed by atoms with Gasteiger partial charge in [0.15, 0.2) is 0 Å². The maximum absolute atomic E-state index is 13.3. The molecule has 2 N–H and O–H groups in total. The number of amides is 3. The summed E-state index contributed by atoms with van der Waals surface area (Å²) in [5, 5.41) is 13.8. The predicted octanol–water partition coefficient (Wildman–Crippen LogP) is 4.87. The molecule has 0 aliphatic heterocycles. The number of urea groups is 1. The number of carbonyl (C=O) groups is 2. The van der Waals surface area contributed by atoms with Crippen molar-refractivity contribution in [3.05, 3.63) is 71.5 Å². The number of rotatable bonds is 9. The zero-order chi connectivity index (χ0) is 26.0. The third-order valence-corrected chi connectivity index (χ3v) is 4.80. The fraction of sp³-hybridized carbons (Fsp3) is 0.320. The molecule has 3 rings (SSSR count). The number of carbonyl (C=O) groups excluding carboxylic acids is 2. The van der Waals surface area contributed by atoms with Crippen molar-refractivity contribution in [3.8, 4) is 5.75 Å². The van der Waals surface area contributed by atoms with E-state index >= 15 is 0 Å². The van der Waals surface area contributed by atoms with Gasteiger partial charge in [-0.2, -0.15) is 5.10 Å². The first-order valence-electron chi connectivity index (χ1n) is 11.4. The van der Waals surface area contributed by atoms with Crippen LogP contribution in [0, 0.1) is 0 Å². The van der Waals surface area contributed by atoms with Crippen molar-refractivity contribution in [1.82, 2.24) is 25.8 Å². The van der Waals surface area contributed by atoms with Crippen molar-refractivity contribution in [3.63, 3.8) is 0 Å². The van der Waals surface area contributed by atoms with E-state index in [1.54, 1.807) is 39.0 Å². The average molecular weight is 513 g/mol. The summed E-state index contributed by atoms with van der Waals surface area (Å²) in [7, 11) is 0. The fourth-order valence-corrected chi connectivity index (χ4v) is 3.22. The number of nitrogens with one attached hydrogen (secondary N) is 2. The minimum atomic E-state index is -0.572. The quantitative estimate of drug-likeness (QED) is 0.393. The van der Waals surface area contributed by atoms with E-state index in [-0.39, 0.29) is 12.6 Å². The van der Waals surface area contributed by atoms with Crippen molar-refractivity contribution >= 4 is 35.4 Å². The Morgan fingerprint density at radius 1 is 1.06 bits per heavy atom. The number of benzene rings is 2. The first-order chi connectivity index (χ1) is 17.2. The van der Waals surface area contributed by atoms with Gasteiger partial charge in [0.25, 0.3) is 5.95 Å². The fourth-order valence-electron chi connectivity index (χ4n) is 3.05. The van der Waals surface area contributed by atoms with Crippen LogP contribution < -0.4 is 20.3 Å². The van der Waals surface area contributed by atoms with Crippen LogP contribution in [0.4, 0.5) is 21.2 Å². The van der Waals surface area contributed by atoms with Gasteiger partial charge in [-0.1, -0.05) is 41.9 Å². The van der Waals surface area contributed by atoms with Gasteiger partial charge in [0.1, 0.15) is 11.4 Å². The summed E-state index contributed by atoms with van der Waals surface area (Å²) >= 11 is 6.27. The second-order valence-electron chi connectivity index (χ2n) is 8.67. The molecule has 0 aliphatic rings. The second-order valence-corrected chi connectivity index (χ2v) is 9.10. The van der Waals surface area contributed by atoms with Crippen LogP contribution in [0.2, 0.25) is 5.02 Å². The van der Waals surface area contributed by atoms with Crippen molar-refractivity contribution in [2.24, 2.45) is 0 Å². The van der Waals surface area contributed by atoms with Crippen LogP contribution in [0.25, 0.3) is 0 Å². The van der Waals surface area contributed by atoms with E-state index in [0.717, 1.165) is 5.56 Å². The SMILES string of the molecule is CC(C)(C)OC(=O)NCCCOc1ccc(Cl)cc1N(C(=O)NCc1ccccc1)c1nccnn1. The first-order valence-corrected chi connectivity index (χ1v) is 11.8. The highest BCUT2D eigenvalue weighted by Gasteiger charge is 2.25. The monoisotopic (exact) mass is 512 g/mol. The smallest absolute Gasteiger partial charge is 0.407 e. The van der Waals surface area contributed by atoms with Gasteiger partial charge in [0.2, 0.25) is 0 Å². The molecule has 0 atom stereocenters. The third kappa shape index (κ3) is 8.38. The molecule has 0 fully saturated rings. The van der Waals surface area contributed by atoms with Gasteiger partial charge in [-0.15, -0.1) is 5.10 Å². The number of alkyl carbamates (subject to hydrolysis) is 1. The lowest BCUT2D eigenvalue weighted by molar-refractivity contribution is 0.0525. The molecule has 0 aliphatic carbocycles. The highest BCUT2D eigenvalue weighted by molar-refractivity contribution is 6.31. The predicted molar refractivity (Wildman–Crippen MR) is 136 cm³/mol. The van der Waals surface area contributed by atoms with Crippen LogP contribution in [0.5, 0.6) is 5.75 Å². The minimum Gasteiger partial charge on any atom is -0.491 e. The van der Waals surface area contributed by atoms with E-state index in [1.807, 2.05) is 30.3 Å². The number of nitrogens with zero attached hydrogens (tertiary/aromatic N) is 4. The summed E-state index contributed by atoms with van der Waals surface area (Å²) in [5.74, 6) is 0.445. The Labute approximate surface area is 215 Å². The molecule has 0 saturated carbocycles. The largest absolute Gasteiger partial charge is 0.491 e. The Kier molecular flexibility index (Phi) is 9.40. The second kappa shape index (κ2) is 12.7. The van der Waals surface area contributed by atoms with Crippen LogP contribution in [-0.2, 0) is 11.3 Å². The minimum absolute atomic E-state index is 0.0572. The van der Waals surface area contributed by atoms with Gasteiger partial charge in [0, 0.05) is 18.1 Å². The number of anilines is 2. The van der Waals surface area contributed by atoms with Crippen LogP contribution in [0.3, 0.4) is 0 Å². The lowest BCUT2D eigenvalue weighted by Crippen LogP contribution is -2.38. The molecule has 36 heavy (non-hydrogen) atoms. The molecule has 0 bridgehead atoms. The van der Waals surface area contributed by atoms with Gasteiger partial charge in [-0.05, 0) is 51.0 Å². The molecule has 0 radical (unpaired) electrons. The maximum Gasteiger partial charge on any atom is 0.407 e. The molecule has 10 nitrogen and oxygen atoms in total. The molecular weight excluding hydrogens is 484 g/mol. The Hall–Kier alpha value is -3.92. The van der Waals surface area contributed by atoms with E-state index in [0.29, 0.717) is 36.0 Å². The van der Waals surface area contributed by atoms with Crippen molar-refractivity contribution in [1.29, 1.82) is 0 Å². The number of halogens is 1. The van der Waals surface area contributed by atoms with E-state index < -0.39 is 17.7 Å². The highest BCUT2D eigenvalue weighted by atomic mass is 35.5. The summed E-state index contributed by atoms with van der Waals surface area (Å²) in [6, 6.07) is 13.9. The number of hydrogen-bond donors (Lipinski definition) is 2. The van der Waals surface area contributed by atoms with E-state index in [2.05, 4.69) is 25.8 Å². The summed E-state index contributed by atoms with van der Waals surface area (Å²) in [5.41, 5.74) is 0.705. The zero-order valence-corrected chi connectivity index (χ0v) is 21.2. The van der Waals surface area contributed by atoms with Gasteiger partial charge in [-0.25, -0.2) is 19.5 Å². The van der Waals surface area contributed by atoms with Crippen LogP contribution in [-0.4, -0.2) is 46.1 Å². The van der Waals surface area contributed by atoms with E-state index in [9.17, 15) is 9.59 Å². The highest BCUT2D eigenvalue weighted by Crippen LogP contribution is 2.35.